The van der Waals surface area contributed by atoms with Gasteiger partial charge in [-0.2, -0.15) is 0 Å². The number of fused-ring (bicyclic) bond motifs is 2. The molecule has 1 aliphatic rings. The van der Waals surface area contributed by atoms with E-state index in [0.29, 0.717) is 28.7 Å². The lowest BCUT2D eigenvalue weighted by Gasteiger charge is -2.30. The van der Waals surface area contributed by atoms with Crippen LogP contribution in [0.15, 0.2) is 143 Å². The highest BCUT2D eigenvalue weighted by atomic mass is 19.1. The number of rotatable bonds is 38. The number of carbonyl (C=O) groups is 11. The van der Waals surface area contributed by atoms with Crippen molar-refractivity contribution in [3.05, 3.63) is 162 Å². The highest BCUT2D eigenvalue weighted by Gasteiger charge is 2.40. The number of primary amides is 1. The summed E-state index contributed by atoms with van der Waals surface area (Å²) in [7, 11) is 0. The number of aromatic hydroxyl groups is 1. The molecule has 1 heterocycles. The molecule has 0 radical (unpaired) electrons. The maximum atomic E-state index is 15.0. The van der Waals surface area contributed by atoms with Crippen LogP contribution in [-0.4, -0.2) is 179 Å². The van der Waals surface area contributed by atoms with Crippen molar-refractivity contribution in [2.24, 2.45) is 44.6 Å². The quantitative estimate of drug-likeness (QED) is 0.0135. The smallest absolute Gasteiger partial charge is 0.245 e. The first kappa shape index (κ1) is 80.6. The Morgan fingerprint density at radius 2 is 0.886 bits per heavy atom. The third-order valence-corrected chi connectivity index (χ3v) is 17.4. The van der Waals surface area contributed by atoms with Gasteiger partial charge in [-0.05, 0) is 119 Å². The number of carbonyl (C=O) groups excluding carboxylic acids is 11. The minimum atomic E-state index is -1.86. The summed E-state index contributed by atoms with van der Waals surface area (Å²) in [4.78, 5) is 165. The molecule has 1 saturated heterocycles. The normalized spacial score (nSPS) is 14.8. The van der Waals surface area contributed by atoms with Gasteiger partial charge in [0.1, 0.15) is 65.9 Å². The van der Waals surface area contributed by atoms with Gasteiger partial charge in [0.2, 0.25) is 65.0 Å². The van der Waals surface area contributed by atoms with Crippen molar-refractivity contribution in [3.8, 4) is 5.75 Å². The summed E-state index contributed by atoms with van der Waals surface area (Å²) in [6.07, 6.45) is -0.157. The number of phenols is 1. The van der Waals surface area contributed by atoms with Crippen LogP contribution in [0.5, 0.6) is 5.75 Å². The van der Waals surface area contributed by atoms with Crippen LogP contribution in [0.3, 0.4) is 0 Å². The average Bonchev–Trinajstić information content (AvgIpc) is 1.61. The third-order valence-electron chi connectivity index (χ3n) is 17.4. The molecule has 6 aromatic carbocycles. The van der Waals surface area contributed by atoms with E-state index in [2.05, 4.69) is 57.8 Å². The van der Waals surface area contributed by atoms with Gasteiger partial charge in [0.25, 0.3) is 0 Å². The van der Waals surface area contributed by atoms with Crippen molar-refractivity contribution in [3.63, 3.8) is 0 Å². The molecule has 11 amide bonds. The number of aliphatic hydroxyl groups excluding tert-OH is 1. The van der Waals surface area contributed by atoms with Crippen molar-refractivity contribution < 1.29 is 67.3 Å². The highest BCUT2D eigenvalue weighted by Crippen LogP contribution is 2.23. The number of likely N-dealkylation sites (tertiary alicyclic amines) is 1. The lowest BCUT2D eigenvalue weighted by molar-refractivity contribution is -0.142. The molecule has 560 valence electrons. The SMILES string of the molecule is CC(=O)N[C@H](Cc1ccc2ccccc2c1)C(=O)N[C@H](Cc1ccc(F)cc1)C(=O)N[C@H](Cc1ccc2ccccc2c1)C(=O)N[C@@H](CO)C(=O)N[C@@H](Cc1ccc(O)cc1)C(=O)N[C@H](CCCN=C(N)N)C(=O)N[C@@H](CC(C)C)C(=O)N[C@@H](CCCN=C(N)N)C(=O)N1CCC[C@H]1C(=O)NCC(N)=O. The van der Waals surface area contributed by atoms with E-state index < -0.39 is 138 Å². The lowest BCUT2D eigenvalue weighted by atomic mass is 9.99. The molecule has 0 aromatic heterocycles. The fraction of sp³-hybridized carbons (Fsp3) is 0.392. The highest BCUT2D eigenvalue weighted by molar-refractivity contribution is 5.99. The van der Waals surface area contributed by atoms with Crippen LogP contribution in [0.4, 0.5) is 4.39 Å². The Bertz CT molecular complexity index is 4120. The van der Waals surface area contributed by atoms with E-state index in [1.807, 2.05) is 66.7 Å². The summed E-state index contributed by atoms with van der Waals surface area (Å²) >= 11 is 0. The zero-order valence-electron chi connectivity index (χ0n) is 58.8. The molecular weight excluding hydrogens is 1350 g/mol. The molecule has 1 fully saturated rings. The molecule has 6 aromatic rings. The Morgan fingerprint density at radius 1 is 0.495 bits per heavy atom. The number of guanidine groups is 2. The van der Waals surface area contributed by atoms with Gasteiger partial charge in [0.05, 0.1) is 13.2 Å². The maximum Gasteiger partial charge on any atom is 0.245 e. The molecule has 0 unspecified atom stereocenters. The van der Waals surface area contributed by atoms with E-state index in [4.69, 9.17) is 28.7 Å². The third kappa shape index (κ3) is 25.6. The van der Waals surface area contributed by atoms with Crippen molar-refractivity contribution in [2.45, 2.75) is 146 Å². The van der Waals surface area contributed by atoms with E-state index in [1.165, 1.54) is 60.4 Å². The summed E-state index contributed by atoms with van der Waals surface area (Å²) in [5.74, 6) is -10.7. The Kier molecular flexibility index (Phi) is 30.4. The molecule has 1 aliphatic heterocycles. The number of nitrogens with two attached hydrogens (primary N) is 5. The number of hydrogen-bond donors (Lipinski definition) is 16. The van der Waals surface area contributed by atoms with Gasteiger partial charge in [-0.1, -0.05) is 123 Å². The topological polar surface area (TPSA) is 495 Å². The minimum Gasteiger partial charge on any atom is -0.508 e. The molecule has 31 heteroatoms. The van der Waals surface area contributed by atoms with E-state index in [1.54, 1.807) is 32.0 Å². The zero-order valence-corrected chi connectivity index (χ0v) is 58.8. The average molecular weight is 1450 g/mol. The second-order valence-corrected chi connectivity index (χ2v) is 26.2. The maximum absolute atomic E-state index is 15.0. The van der Waals surface area contributed by atoms with Crippen LogP contribution in [0.2, 0.25) is 0 Å². The second kappa shape index (κ2) is 39.6. The number of benzene rings is 6. The van der Waals surface area contributed by atoms with E-state index in [-0.39, 0.29) is 107 Å². The van der Waals surface area contributed by atoms with E-state index in [0.717, 1.165) is 21.5 Å². The first-order valence-electron chi connectivity index (χ1n) is 34.6. The largest absolute Gasteiger partial charge is 0.508 e. The van der Waals surface area contributed by atoms with Crippen molar-refractivity contribution >= 4 is 98.4 Å². The van der Waals surface area contributed by atoms with Gasteiger partial charge in [-0.3, -0.25) is 62.7 Å². The monoisotopic (exact) mass is 1450 g/mol. The van der Waals surface area contributed by atoms with Crippen molar-refractivity contribution in [1.82, 2.24) is 52.8 Å². The number of nitrogens with zero attached hydrogens (tertiary/aromatic N) is 3. The molecule has 0 spiro atoms. The van der Waals surface area contributed by atoms with Gasteiger partial charge in [-0.15, -0.1) is 0 Å². The predicted octanol–water partition coefficient (Wildman–Crippen LogP) is -0.255. The fourth-order valence-electron chi connectivity index (χ4n) is 12.1. The number of nitrogens with one attached hydrogen (secondary N) is 9. The van der Waals surface area contributed by atoms with Gasteiger partial charge in [-0.25, -0.2) is 4.39 Å². The zero-order chi connectivity index (χ0) is 76.3. The Balaban J connectivity index is 1.15. The number of aliphatic hydroxyl groups is 1. The Hall–Kier alpha value is -11.8. The molecule has 0 aliphatic carbocycles. The predicted molar refractivity (Wildman–Crippen MR) is 392 cm³/mol. The fourth-order valence-corrected chi connectivity index (χ4v) is 12.1. The Morgan fingerprint density at radius 3 is 1.35 bits per heavy atom. The van der Waals surface area contributed by atoms with Crippen LogP contribution in [0.25, 0.3) is 21.5 Å². The molecular formula is C74H94FN17O13. The van der Waals surface area contributed by atoms with E-state index >= 15 is 0 Å². The second-order valence-electron chi connectivity index (χ2n) is 26.2. The first-order valence-corrected chi connectivity index (χ1v) is 34.6. The number of aliphatic imine (C=N–C) groups is 2. The van der Waals surface area contributed by atoms with Crippen molar-refractivity contribution in [1.29, 1.82) is 0 Å². The Labute approximate surface area is 606 Å². The van der Waals surface area contributed by atoms with Crippen LogP contribution in [0, 0.1) is 11.7 Å². The number of phenolic OH excluding ortho intramolecular Hbond substituents is 1. The standard InChI is InChI=1S/C74H94FN17O13/c1-42(2)33-56(65(98)86-55(16-9-31-82-74(79)80)72(105)92-32-10-17-62(92)71(104)83-40-63(76)96)87-64(97)54(15-8-30-81-73(77)78)85-67(100)58(37-45-22-28-53(95)29-23-45)90-70(103)61(41-93)91-69(102)60(39-47-19-25-49-12-5-7-14-51(49)35-47)89-68(101)59(36-44-20-26-52(75)27-21-44)88-66(99)57(84-43(3)94)38-46-18-24-48-11-4-6-13-50(48)34-46/h4-7,11-14,18-29,34-35,42,54-62,93,95H,8-10,15-17,30-33,36-41H2,1-3H3,(H2,76,96)(H,83,104)(H,84,94)(H,85,100)(H,86,98)(H,87,97)(H,88,99)(H,89,101)(H,90,103)(H,91,102)(H4,77,78,81)(H4,79,80,82)/t54-,55+,56+,57-,58+,59-,60-,61+,62+/m1/s1. The van der Waals surface area contributed by atoms with Crippen molar-refractivity contribution in [2.75, 3.05) is 32.8 Å². The first-order chi connectivity index (χ1) is 50.1. The minimum absolute atomic E-state index is 0.00109. The molecule has 7 rings (SSSR count). The molecule has 9 atom stereocenters. The molecule has 30 nitrogen and oxygen atoms in total. The number of hydrogen-bond acceptors (Lipinski definition) is 15. The van der Waals surface area contributed by atoms with Crippen LogP contribution >= 0.6 is 0 Å². The van der Waals surface area contributed by atoms with E-state index in [9.17, 15) is 67.3 Å². The van der Waals surface area contributed by atoms with Gasteiger partial charge < -0.3 is 91.6 Å². The molecule has 105 heavy (non-hydrogen) atoms. The summed E-state index contributed by atoms with van der Waals surface area (Å²) in [6, 6.07) is 23.5. The van der Waals surface area contributed by atoms with Crippen LogP contribution in [-0.2, 0) is 78.4 Å². The summed E-state index contributed by atoms with van der Waals surface area (Å²) in [6.45, 7) is 3.36. The van der Waals surface area contributed by atoms with Crippen LogP contribution in [0.1, 0.15) is 88.0 Å². The summed E-state index contributed by atoms with van der Waals surface area (Å²) < 4.78 is 14.3. The van der Waals surface area contributed by atoms with Gasteiger partial charge in [0.15, 0.2) is 11.9 Å². The summed E-state index contributed by atoms with van der Waals surface area (Å²) in [5, 5.41) is 48.5. The van der Waals surface area contributed by atoms with Gasteiger partial charge in [0, 0.05) is 52.2 Å². The number of amides is 11. The molecule has 21 N–H and O–H groups in total. The van der Waals surface area contributed by atoms with Gasteiger partial charge >= 0.3 is 0 Å². The molecule has 0 bridgehead atoms. The lowest BCUT2D eigenvalue weighted by Crippen LogP contribution is -2.61. The molecule has 0 saturated carbocycles. The van der Waals surface area contributed by atoms with Crippen LogP contribution < -0.4 is 76.5 Å². The summed E-state index contributed by atoms with van der Waals surface area (Å²) in [5.41, 5.74) is 29.6. The number of halogens is 1.